The van der Waals surface area contributed by atoms with Crippen molar-refractivity contribution in [3.63, 3.8) is 0 Å². The monoisotopic (exact) mass is 254 g/mol. The van der Waals surface area contributed by atoms with Gasteiger partial charge >= 0.3 is 0 Å². The molecular weight excluding hydrogens is 236 g/mol. The third-order valence-electron chi connectivity index (χ3n) is 2.40. The zero-order valence-electron chi connectivity index (χ0n) is 10.4. The molecule has 0 bridgehead atoms. The number of hydrogen-bond acceptors (Lipinski definition) is 2. The summed E-state index contributed by atoms with van der Waals surface area (Å²) in [5, 5.41) is 2.87. The Morgan fingerprint density at radius 1 is 1.29 bits per heavy atom. The summed E-state index contributed by atoms with van der Waals surface area (Å²) < 4.78 is 0. The first-order chi connectivity index (χ1) is 8.13. The highest BCUT2D eigenvalue weighted by molar-refractivity contribution is 6.18. The predicted octanol–water partition coefficient (Wildman–Crippen LogP) is 1.99. The first-order valence-electron chi connectivity index (χ1n) is 5.67. The number of benzene rings is 1. The molecule has 17 heavy (non-hydrogen) atoms. The van der Waals surface area contributed by atoms with Gasteiger partial charge in [0.1, 0.15) is 0 Å². The molecule has 0 saturated heterocycles. The van der Waals surface area contributed by atoms with Crippen LogP contribution >= 0.6 is 11.6 Å². The van der Waals surface area contributed by atoms with Crippen molar-refractivity contribution >= 4 is 17.5 Å². The van der Waals surface area contributed by atoms with Gasteiger partial charge in [-0.15, -0.1) is 11.6 Å². The van der Waals surface area contributed by atoms with Gasteiger partial charge in [-0.1, -0.05) is 24.3 Å². The van der Waals surface area contributed by atoms with Gasteiger partial charge in [0, 0.05) is 25.4 Å². The first kappa shape index (κ1) is 14.0. The molecule has 94 valence electrons. The van der Waals surface area contributed by atoms with Crippen LogP contribution in [-0.2, 0) is 17.9 Å². The maximum absolute atomic E-state index is 11.3. The van der Waals surface area contributed by atoms with Crippen LogP contribution in [0.3, 0.4) is 0 Å². The number of carbonyl (C=O) groups excluding carboxylic acids is 1. The molecule has 0 atom stereocenters. The summed E-state index contributed by atoms with van der Waals surface area (Å²) >= 11 is 5.51. The van der Waals surface area contributed by atoms with E-state index >= 15 is 0 Å². The number of nitrogens with zero attached hydrogens (tertiary/aromatic N) is 1. The number of amides is 1. The Morgan fingerprint density at radius 3 is 2.53 bits per heavy atom. The lowest BCUT2D eigenvalue weighted by Crippen LogP contribution is -2.24. The average Bonchev–Trinajstić information content (AvgIpc) is 2.27. The lowest BCUT2D eigenvalue weighted by atomic mass is 10.1. The summed E-state index contributed by atoms with van der Waals surface area (Å²) in [6, 6.07) is 8.13. The molecule has 0 unspecified atom stereocenters. The molecule has 0 fully saturated rings. The molecule has 0 aliphatic heterocycles. The summed E-state index contributed by atoms with van der Waals surface area (Å²) in [4.78, 5) is 13.5. The van der Waals surface area contributed by atoms with Gasteiger partial charge in [0.05, 0.1) is 0 Å². The SMILES string of the molecule is CN(C)Cc1ccccc1CNC(=O)CCCl. The Bertz CT molecular complexity index is 366. The van der Waals surface area contributed by atoms with E-state index in [4.69, 9.17) is 11.6 Å². The fraction of sp³-hybridized carbons (Fsp3) is 0.462. The Labute approximate surface area is 108 Å². The van der Waals surface area contributed by atoms with E-state index in [0.717, 1.165) is 12.1 Å². The second kappa shape index (κ2) is 7.30. The highest BCUT2D eigenvalue weighted by atomic mass is 35.5. The minimum absolute atomic E-state index is 0.000318. The molecule has 4 heteroatoms. The van der Waals surface area contributed by atoms with Crippen molar-refractivity contribution in [2.75, 3.05) is 20.0 Å². The Balaban J connectivity index is 2.60. The zero-order valence-corrected chi connectivity index (χ0v) is 11.1. The summed E-state index contributed by atoms with van der Waals surface area (Å²) in [6.45, 7) is 1.45. The molecule has 0 saturated carbocycles. The normalized spacial score (nSPS) is 10.6. The van der Waals surface area contributed by atoms with Crippen molar-refractivity contribution in [2.45, 2.75) is 19.5 Å². The molecule has 1 aromatic carbocycles. The van der Waals surface area contributed by atoms with E-state index < -0.39 is 0 Å². The van der Waals surface area contributed by atoms with Gasteiger partial charge < -0.3 is 10.2 Å². The molecule has 1 N–H and O–H groups in total. The fourth-order valence-electron chi connectivity index (χ4n) is 1.59. The topological polar surface area (TPSA) is 32.3 Å². The predicted molar refractivity (Wildman–Crippen MR) is 71.0 cm³/mol. The van der Waals surface area contributed by atoms with Crippen molar-refractivity contribution in [3.05, 3.63) is 35.4 Å². The molecule has 1 rings (SSSR count). The summed E-state index contributed by atoms with van der Waals surface area (Å²) in [5.74, 6) is 0.366. The van der Waals surface area contributed by atoms with E-state index in [2.05, 4.69) is 16.3 Å². The summed E-state index contributed by atoms with van der Waals surface area (Å²) in [5.41, 5.74) is 2.40. The van der Waals surface area contributed by atoms with Crippen molar-refractivity contribution in [2.24, 2.45) is 0 Å². The Morgan fingerprint density at radius 2 is 1.94 bits per heavy atom. The number of carbonyl (C=O) groups is 1. The third-order valence-corrected chi connectivity index (χ3v) is 2.59. The second-order valence-corrected chi connectivity index (χ2v) is 4.60. The summed E-state index contributed by atoms with van der Waals surface area (Å²) in [6.07, 6.45) is 0.372. The average molecular weight is 255 g/mol. The molecule has 3 nitrogen and oxygen atoms in total. The van der Waals surface area contributed by atoms with E-state index in [1.165, 1.54) is 5.56 Å². The van der Waals surface area contributed by atoms with Crippen LogP contribution in [0.5, 0.6) is 0 Å². The van der Waals surface area contributed by atoms with E-state index in [-0.39, 0.29) is 5.91 Å². The van der Waals surface area contributed by atoms with Crippen LogP contribution < -0.4 is 5.32 Å². The van der Waals surface area contributed by atoms with Crippen molar-refractivity contribution in [3.8, 4) is 0 Å². The highest BCUT2D eigenvalue weighted by Gasteiger charge is 2.05. The smallest absolute Gasteiger partial charge is 0.221 e. The Hall–Kier alpha value is -1.06. The quantitative estimate of drug-likeness (QED) is 0.788. The first-order valence-corrected chi connectivity index (χ1v) is 6.21. The second-order valence-electron chi connectivity index (χ2n) is 4.22. The standard InChI is InChI=1S/C13H19ClN2O/c1-16(2)10-12-6-4-3-5-11(12)9-15-13(17)7-8-14/h3-6H,7-10H2,1-2H3,(H,15,17). The lowest BCUT2D eigenvalue weighted by Gasteiger charge is -2.14. The largest absolute Gasteiger partial charge is 0.352 e. The van der Waals surface area contributed by atoms with E-state index in [1.54, 1.807) is 0 Å². The maximum Gasteiger partial charge on any atom is 0.221 e. The van der Waals surface area contributed by atoms with Crippen LogP contribution in [0.25, 0.3) is 0 Å². The number of alkyl halides is 1. The molecular formula is C13H19ClN2O. The zero-order chi connectivity index (χ0) is 12.7. The molecule has 0 aliphatic rings. The van der Waals surface area contributed by atoms with Crippen LogP contribution in [0.4, 0.5) is 0 Å². The van der Waals surface area contributed by atoms with Crippen molar-refractivity contribution < 1.29 is 4.79 Å². The minimum atomic E-state index is -0.000318. The van der Waals surface area contributed by atoms with Gasteiger partial charge in [-0.25, -0.2) is 0 Å². The number of hydrogen-bond donors (Lipinski definition) is 1. The number of rotatable bonds is 6. The number of halogens is 1. The van der Waals surface area contributed by atoms with Crippen molar-refractivity contribution in [1.82, 2.24) is 10.2 Å². The van der Waals surface area contributed by atoms with Gasteiger partial charge in [-0.2, -0.15) is 0 Å². The summed E-state index contributed by atoms with van der Waals surface area (Å²) in [7, 11) is 4.06. The molecule has 1 aromatic rings. The van der Waals surface area contributed by atoms with Gasteiger partial charge in [0.15, 0.2) is 0 Å². The van der Waals surface area contributed by atoms with Crippen LogP contribution in [0.1, 0.15) is 17.5 Å². The number of nitrogens with one attached hydrogen (secondary N) is 1. The third kappa shape index (κ3) is 5.20. The fourth-order valence-corrected chi connectivity index (χ4v) is 1.76. The molecule has 0 heterocycles. The molecule has 0 radical (unpaired) electrons. The van der Waals surface area contributed by atoms with E-state index in [1.807, 2.05) is 32.3 Å². The van der Waals surface area contributed by atoms with Gasteiger partial charge in [0.2, 0.25) is 5.91 Å². The van der Waals surface area contributed by atoms with E-state index in [0.29, 0.717) is 18.8 Å². The lowest BCUT2D eigenvalue weighted by molar-refractivity contribution is -0.120. The van der Waals surface area contributed by atoms with E-state index in [9.17, 15) is 4.79 Å². The van der Waals surface area contributed by atoms with Gasteiger partial charge in [0.25, 0.3) is 0 Å². The molecule has 0 spiro atoms. The Kier molecular flexibility index (Phi) is 6.01. The van der Waals surface area contributed by atoms with Crippen LogP contribution in [0, 0.1) is 0 Å². The highest BCUT2D eigenvalue weighted by Crippen LogP contribution is 2.10. The van der Waals surface area contributed by atoms with Crippen LogP contribution in [0.2, 0.25) is 0 Å². The van der Waals surface area contributed by atoms with Crippen LogP contribution in [-0.4, -0.2) is 30.8 Å². The molecule has 0 aromatic heterocycles. The van der Waals surface area contributed by atoms with Crippen molar-refractivity contribution in [1.29, 1.82) is 0 Å². The maximum atomic E-state index is 11.3. The van der Waals surface area contributed by atoms with Gasteiger partial charge in [-0.05, 0) is 25.2 Å². The minimum Gasteiger partial charge on any atom is -0.352 e. The van der Waals surface area contributed by atoms with Crippen LogP contribution in [0.15, 0.2) is 24.3 Å². The van der Waals surface area contributed by atoms with Gasteiger partial charge in [-0.3, -0.25) is 4.79 Å². The molecule has 0 aliphatic carbocycles. The molecule has 1 amide bonds.